The zero-order valence-corrected chi connectivity index (χ0v) is 7.93. The van der Waals surface area contributed by atoms with Gasteiger partial charge in [-0.1, -0.05) is 29.8 Å². The Labute approximate surface area is 82.5 Å². The van der Waals surface area contributed by atoms with E-state index in [1.165, 1.54) is 6.08 Å². The molecule has 72 valence electrons. The lowest BCUT2D eigenvalue weighted by molar-refractivity contribution is -0.108. The molecule has 0 saturated heterocycles. The Morgan fingerprint density at radius 1 is 1.43 bits per heavy atom. The molecule has 0 aliphatic heterocycles. The summed E-state index contributed by atoms with van der Waals surface area (Å²) in [6.07, 6.45) is 2.51. The van der Waals surface area contributed by atoms with Crippen molar-refractivity contribution in [3.63, 3.8) is 0 Å². The van der Waals surface area contributed by atoms with E-state index in [-0.39, 0.29) is 0 Å². The highest BCUT2D eigenvalue weighted by molar-refractivity contribution is 5.60. The number of nitrogens with zero attached hydrogens (tertiary/aromatic N) is 1. The lowest BCUT2D eigenvalue weighted by Gasteiger charge is -2.03. The number of isocyanates is 1. The third kappa shape index (κ3) is 2.96. The number of aliphatic imine (C=N–C) groups is 1. The van der Waals surface area contributed by atoms with Crippen LogP contribution in [0.3, 0.4) is 0 Å². The molecule has 0 amide bonds. The number of rotatable bonds is 4. The Morgan fingerprint density at radius 2 is 2.07 bits per heavy atom. The predicted octanol–water partition coefficient (Wildman–Crippen LogP) is 1.44. The average molecular weight is 189 g/mol. The lowest BCUT2D eigenvalue weighted by atomic mass is 10.1. The Balaban J connectivity index is 2.71. The second-order valence-corrected chi connectivity index (χ2v) is 3.11. The first-order chi connectivity index (χ1) is 6.76. The number of benzene rings is 1. The second kappa shape index (κ2) is 5.10. The third-order valence-electron chi connectivity index (χ3n) is 1.94. The van der Waals surface area contributed by atoms with Crippen molar-refractivity contribution >= 4 is 12.4 Å². The van der Waals surface area contributed by atoms with Gasteiger partial charge in [-0.25, -0.2) is 4.79 Å². The Morgan fingerprint density at radius 3 is 2.57 bits per heavy atom. The molecule has 0 N–H and O–H groups in total. The zero-order valence-electron chi connectivity index (χ0n) is 7.93. The van der Waals surface area contributed by atoms with Crippen molar-refractivity contribution in [1.29, 1.82) is 0 Å². The summed E-state index contributed by atoms with van der Waals surface area (Å²) in [4.78, 5) is 23.8. The molecule has 0 fully saturated rings. The van der Waals surface area contributed by atoms with E-state index < -0.39 is 6.04 Å². The molecule has 0 heterocycles. The average Bonchev–Trinajstić information content (AvgIpc) is 2.20. The molecule has 1 rings (SSSR count). The van der Waals surface area contributed by atoms with Crippen molar-refractivity contribution in [3.05, 3.63) is 35.4 Å². The van der Waals surface area contributed by atoms with Gasteiger partial charge in [0.25, 0.3) is 0 Å². The summed E-state index contributed by atoms with van der Waals surface area (Å²) < 4.78 is 0. The molecule has 0 bridgehead atoms. The van der Waals surface area contributed by atoms with Crippen LogP contribution in [0.1, 0.15) is 11.1 Å². The van der Waals surface area contributed by atoms with E-state index in [1.54, 1.807) is 0 Å². The summed E-state index contributed by atoms with van der Waals surface area (Å²) in [5.74, 6) is 0. The van der Waals surface area contributed by atoms with Crippen LogP contribution < -0.4 is 0 Å². The molecule has 3 heteroatoms. The van der Waals surface area contributed by atoms with Crippen LogP contribution >= 0.6 is 0 Å². The monoisotopic (exact) mass is 189 g/mol. The van der Waals surface area contributed by atoms with Gasteiger partial charge in [0.2, 0.25) is 6.08 Å². The van der Waals surface area contributed by atoms with Gasteiger partial charge in [0.15, 0.2) is 0 Å². The van der Waals surface area contributed by atoms with Crippen LogP contribution in [0.25, 0.3) is 0 Å². The minimum Gasteiger partial charge on any atom is -0.301 e. The molecule has 0 spiro atoms. The summed E-state index contributed by atoms with van der Waals surface area (Å²) in [6.45, 7) is 1.99. The Hall–Kier alpha value is -1.73. The molecule has 0 aliphatic carbocycles. The Kier molecular flexibility index (Phi) is 3.77. The predicted molar refractivity (Wildman–Crippen MR) is 52.9 cm³/mol. The number of carbonyl (C=O) groups excluding carboxylic acids is 2. The van der Waals surface area contributed by atoms with Gasteiger partial charge in [-0.15, -0.1) is 0 Å². The second-order valence-electron chi connectivity index (χ2n) is 3.11. The molecule has 1 atom stereocenters. The van der Waals surface area contributed by atoms with Gasteiger partial charge in [0.05, 0.1) is 0 Å². The quantitative estimate of drug-likeness (QED) is 0.408. The van der Waals surface area contributed by atoms with Gasteiger partial charge >= 0.3 is 0 Å². The number of aldehydes is 1. The van der Waals surface area contributed by atoms with E-state index in [0.29, 0.717) is 12.7 Å². The van der Waals surface area contributed by atoms with Crippen LogP contribution in [-0.4, -0.2) is 18.4 Å². The van der Waals surface area contributed by atoms with Crippen LogP contribution in [0.15, 0.2) is 29.3 Å². The maximum absolute atomic E-state index is 10.5. The normalized spacial score (nSPS) is 11.5. The first kappa shape index (κ1) is 10.4. The molecular weight excluding hydrogens is 178 g/mol. The van der Waals surface area contributed by atoms with Crippen LogP contribution in [0, 0.1) is 6.92 Å². The fourth-order valence-electron chi connectivity index (χ4n) is 1.16. The molecular formula is C11H11NO2. The van der Waals surface area contributed by atoms with Gasteiger partial charge in [-0.2, -0.15) is 4.99 Å². The van der Waals surface area contributed by atoms with E-state index in [9.17, 15) is 9.59 Å². The zero-order chi connectivity index (χ0) is 10.4. The fourth-order valence-corrected chi connectivity index (χ4v) is 1.16. The van der Waals surface area contributed by atoms with Crippen LogP contribution in [0.2, 0.25) is 0 Å². The van der Waals surface area contributed by atoms with E-state index in [0.717, 1.165) is 11.1 Å². The van der Waals surface area contributed by atoms with Crippen LogP contribution in [0.5, 0.6) is 0 Å². The molecule has 1 aromatic rings. The minimum absolute atomic E-state index is 0.457. The number of carbonyl (C=O) groups is 1. The molecule has 0 aromatic heterocycles. The minimum atomic E-state index is -0.602. The Bertz CT molecular complexity index is 350. The molecule has 3 nitrogen and oxygen atoms in total. The van der Waals surface area contributed by atoms with E-state index in [4.69, 9.17) is 0 Å². The van der Waals surface area contributed by atoms with Crippen LogP contribution in [0.4, 0.5) is 0 Å². The first-order valence-electron chi connectivity index (χ1n) is 4.34. The van der Waals surface area contributed by atoms with Crippen molar-refractivity contribution in [3.8, 4) is 0 Å². The van der Waals surface area contributed by atoms with E-state index in [1.807, 2.05) is 31.2 Å². The molecule has 14 heavy (non-hydrogen) atoms. The standard InChI is InChI=1S/C11H11NO2/c1-9-2-4-10(5-3-9)6-11(7-13)12-8-14/h2-5,7,11H,6H2,1H3. The van der Waals surface area contributed by atoms with Gasteiger partial charge in [0, 0.05) is 6.42 Å². The van der Waals surface area contributed by atoms with Crippen molar-refractivity contribution < 1.29 is 9.59 Å². The summed E-state index contributed by atoms with van der Waals surface area (Å²) in [7, 11) is 0. The smallest absolute Gasteiger partial charge is 0.235 e. The number of aryl methyl sites for hydroxylation is 1. The summed E-state index contributed by atoms with van der Waals surface area (Å²) in [5, 5.41) is 0. The largest absolute Gasteiger partial charge is 0.301 e. The van der Waals surface area contributed by atoms with Crippen molar-refractivity contribution in [2.24, 2.45) is 4.99 Å². The highest BCUT2D eigenvalue weighted by Gasteiger charge is 2.05. The van der Waals surface area contributed by atoms with Crippen molar-refractivity contribution in [2.75, 3.05) is 0 Å². The first-order valence-corrected chi connectivity index (χ1v) is 4.34. The summed E-state index contributed by atoms with van der Waals surface area (Å²) in [5.41, 5.74) is 2.15. The molecule has 1 aromatic carbocycles. The summed E-state index contributed by atoms with van der Waals surface area (Å²) >= 11 is 0. The van der Waals surface area contributed by atoms with Crippen molar-refractivity contribution in [1.82, 2.24) is 0 Å². The van der Waals surface area contributed by atoms with Crippen LogP contribution in [-0.2, 0) is 16.0 Å². The van der Waals surface area contributed by atoms with Gasteiger partial charge in [-0.3, -0.25) is 0 Å². The highest BCUT2D eigenvalue weighted by Crippen LogP contribution is 2.06. The topological polar surface area (TPSA) is 46.5 Å². The number of hydrogen-bond acceptors (Lipinski definition) is 3. The maximum atomic E-state index is 10.5. The summed E-state index contributed by atoms with van der Waals surface area (Å²) in [6, 6.07) is 7.16. The maximum Gasteiger partial charge on any atom is 0.235 e. The number of hydrogen-bond donors (Lipinski definition) is 0. The van der Waals surface area contributed by atoms with E-state index >= 15 is 0 Å². The van der Waals surface area contributed by atoms with E-state index in [2.05, 4.69) is 4.99 Å². The van der Waals surface area contributed by atoms with Gasteiger partial charge in [-0.05, 0) is 12.5 Å². The molecule has 0 saturated carbocycles. The van der Waals surface area contributed by atoms with Crippen molar-refractivity contribution in [2.45, 2.75) is 19.4 Å². The van der Waals surface area contributed by atoms with Gasteiger partial charge in [0.1, 0.15) is 12.3 Å². The molecule has 0 radical (unpaired) electrons. The molecule has 0 aliphatic rings. The third-order valence-corrected chi connectivity index (χ3v) is 1.94. The lowest BCUT2D eigenvalue weighted by Crippen LogP contribution is -2.09. The SMILES string of the molecule is Cc1ccc(CC(C=O)N=C=O)cc1. The highest BCUT2D eigenvalue weighted by atomic mass is 16.1. The molecule has 1 unspecified atom stereocenters. The fraction of sp³-hybridized carbons (Fsp3) is 0.273. The van der Waals surface area contributed by atoms with Gasteiger partial charge < -0.3 is 4.79 Å².